The molecular formula is C28H34N4O2. The van der Waals surface area contributed by atoms with Crippen molar-refractivity contribution >= 4 is 22.8 Å². The van der Waals surface area contributed by atoms with Crippen molar-refractivity contribution in [1.29, 1.82) is 0 Å². The van der Waals surface area contributed by atoms with Crippen LogP contribution in [0.25, 0.3) is 11.0 Å². The number of carbonyl (C=O) groups is 2. The van der Waals surface area contributed by atoms with Crippen molar-refractivity contribution in [1.82, 2.24) is 19.4 Å². The van der Waals surface area contributed by atoms with E-state index in [4.69, 9.17) is 4.98 Å². The third-order valence-corrected chi connectivity index (χ3v) is 7.28. The van der Waals surface area contributed by atoms with Crippen LogP contribution in [0.5, 0.6) is 0 Å². The van der Waals surface area contributed by atoms with Crippen molar-refractivity contribution in [3.05, 3.63) is 66.0 Å². The number of likely N-dealkylation sites (tertiary alicyclic amines) is 2. The van der Waals surface area contributed by atoms with E-state index in [2.05, 4.69) is 22.8 Å². The molecule has 178 valence electrons. The molecule has 0 spiro atoms. The van der Waals surface area contributed by atoms with Gasteiger partial charge in [0.1, 0.15) is 5.82 Å². The van der Waals surface area contributed by atoms with E-state index in [1.807, 2.05) is 46.2 Å². The number of carbonyl (C=O) groups excluding carboxylic acids is 2. The summed E-state index contributed by atoms with van der Waals surface area (Å²) in [7, 11) is 0. The maximum absolute atomic E-state index is 13.0. The molecule has 3 aromatic rings. The van der Waals surface area contributed by atoms with E-state index in [0.29, 0.717) is 25.9 Å². The Hall–Kier alpha value is -3.15. The first-order chi connectivity index (χ1) is 16.7. The van der Waals surface area contributed by atoms with Gasteiger partial charge in [-0.2, -0.15) is 0 Å². The lowest BCUT2D eigenvalue weighted by molar-refractivity contribution is -0.131. The van der Waals surface area contributed by atoms with E-state index in [0.717, 1.165) is 55.8 Å². The molecule has 2 aliphatic rings. The molecule has 0 aliphatic carbocycles. The molecule has 3 heterocycles. The summed E-state index contributed by atoms with van der Waals surface area (Å²) in [5, 5.41) is 0. The van der Waals surface area contributed by atoms with E-state index in [1.54, 1.807) is 0 Å². The van der Waals surface area contributed by atoms with Crippen LogP contribution < -0.4 is 0 Å². The van der Waals surface area contributed by atoms with Gasteiger partial charge in [-0.05, 0) is 37.0 Å². The number of benzene rings is 2. The second-order valence-electron chi connectivity index (χ2n) is 9.63. The summed E-state index contributed by atoms with van der Waals surface area (Å²) in [6.45, 7) is 3.79. The summed E-state index contributed by atoms with van der Waals surface area (Å²) in [6, 6.07) is 18.4. The van der Waals surface area contributed by atoms with E-state index in [-0.39, 0.29) is 17.7 Å². The minimum atomic E-state index is 0.0592. The minimum Gasteiger partial charge on any atom is -0.343 e. The van der Waals surface area contributed by atoms with Crippen LogP contribution in [-0.4, -0.2) is 57.3 Å². The maximum Gasteiger partial charge on any atom is 0.224 e. The van der Waals surface area contributed by atoms with Gasteiger partial charge in [0.05, 0.1) is 11.0 Å². The Bertz CT molecular complexity index is 1130. The summed E-state index contributed by atoms with van der Waals surface area (Å²) >= 11 is 0. The van der Waals surface area contributed by atoms with E-state index in [9.17, 15) is 9.59 Å². The van der Waals surface area contributed by atoms with Gasteiger partial charge in [0.2, 0.25) is 11.8 Å². The molecule has 2 amide bonds. The summed E-state index contributed by atoms with van der Waals surface area (Å²) in [6.07, 6.45) is 6.47. The van der Waals surface area contributed by atoms with Crippen LogP contribution in [0.3, 0.4) is 0 Å². The molecule has 1 unspecified atom stereocenters. The lowest BCUT2D eigenvalue weighted by Gasteiger charge is -2.21. The number of para-hydroxylation sites is 2. The first-order valence-electron chi connectivity index (χ1n) is 12.7. The van der Waals surface area contributed by atoms with Gasteiger partial charge in [-0.1, -0.05) is 55.3 Å². The van der Waals surface area contributed by atoms with Gasteiger partial charge >= 0.3 is 0 Å². The summed E-state index contributed by atoms with van der Waals surface area (Å²) in [5.41, 5.74) is 3.24. The predicted octanol–water partition coefficient (Wildman–Crippen LogP) is 4.39. The Morgan fingerprint density at radius 3 is 2.44 bits per heavy atom. The number of hydrogen-bond donors (Lipinski definition) is 0. The van der Waals surface area contributed by atoms with Crippen LogP contribution >= 0.6 is 0 Å². The Balaban J connectivity index is 1.30. The molecule has 1 atom stereocenters. The van der Waals surface area contributed by atoms with Gasteiger partial charge in [-0.25, -0.2) is 4.98 Å². The highest BCUT2D eigenvalue weighted by Crippen LogP contribution is 2.31. The van der Waals surface area contributed by atoms with Crippen molar-refractivity contribution in [2.75, 3.05) is 26.2 Å². The van der Waals surface area contributed by atoms with Crippen LogP contribution in [0.4, 0.5) is 0 Å². The fourth-order valence-corrected chi connectivity index (χ4v) is 5.40. The molecule has 2 saturated heterocycles. The molecule has 6 heteroatoms. The molecular weight excluding hydrogens is 424 g/mol. The second-order valence-corrected chi connectivity index (χ2v) is 9.63. The Morgan fingerprint density at radius 1 is 0.912 bits per heavy atom. The molecule has 0 radical (unpaired) electrons. The molecule has 2 aliphatic heterocycles. The monoisotopic (exact) mass is 458 g/mol. The van der Waals surface area contributed by atoms with Gasteiger partial charge in [-0.3, -0.25) is 9.59 Å². The van der Waals surface area contributed by atoms with E-state index in [1.165, 1.54) is 18.4 Å². The Morgan fingerprint density at radius 2 is 1.65 bits per heavy atom. The van der Waals surface area contributed by atoms with Gasteiger partial charge in [-0.15, -0.1) is 0 Å². The highest BCUT2D eigenvalue weighted by atomic mass is 16.2. The van der Waals surface area contributed by atoms with Gasteiger partial charge in [0.25, 0.3) is 0 Å². The van der Waals surface area contributed by atoms with Crippen molar-refractivity contribution < 1.29 is 9.59 Å². The third-order valence-electron chi connectivity index (χ3n) is 7.28. The summed E-state index contributed by atoms with van der Waals surface area (Å²) < 4.78 is 2.20. The average Bonchev–Trinajstić information content (AvgIpc) is 3.29. The fourth-order valence-electron chi connectivity index (χ4n) is 5.40. The van der Waals surface area contributed by atoms with E-state index < -0.39 is 0 Å². The van der Waals surface area contributed by atoms with Gasteiger partial charge in [0, 0.05) is 51.5 Å². The zero-order chi connectivity index (χ0) is 23.3. The quantitative estimate of drug-likeness (QED) is 0.528. The molecule has 0 bridgehead atoms. The summed E-state index contributed by atoms with van der Waals surface area (Å²) in [5.74, 6) is 1.43. The standard InChI is InChI=1S/C28H34N4O2/c33-26(30-16-8-1-2-9-17-30)15-19-32-25-13-7-6-12-24(25)29-28(32)23-20-27(34)31(21-23)18-14-22-10-4-3-5-11-22/h3-7,10-13,23H,1-2,8-9,14-21H2. The zero-order valence-corrected chi connectivity index (χ0v) is 19.9. The molecule has 2 fully saturated rings. The van der Waals surface area contributed by atoms with Crippen LogP contribution in [0.1, 0.15) is 55.8 Å². The SMILES string of the molecule is O=C(CCn1c(C2CC(=O)N(CCc3ccccc3)C2)nc2ccccc21)N1CCCCCC1. The zero-order valence-electron chi connectivity index (χ0n) is 19.9. The highest BCUT2D eigenvalue weighted by Gasteiger charge is 2.34. The number of nitrogens with zero attached hydrogens (tertiary/aromatic N) is 4. The topological polar surface area (TPSA) is 58.4 Å². The lowest BCUT2D eigenvalue weighted by atomic mass is 10.1. The average molecular weight is 459 g/mol. The van der Waals surface area contributed by atoms with Crippen LogP contribution in [0.2, 0.25) is 0 Å². The Kier molecular flexibility index (Phi) is 6.93. The number of aryl methyl sites for hydroxylation is 1. The van der Waals surface area contributed by atoms with Crippen molar-refractivity contribution in [3.8, 4) is 0 Å². The number of fused-ring (bicyclic) bond motifs is 1. The van der Waals surface area contributed by atoms with Gasteiger partial charge < -0.3 is 14.4 Å². The van der Waals surface area contributed by atoms with Gasteiger partial charge in [0.15, 0.2) is 0 Å². The highest BCUT2D eigenvalue weighted by molar-refractivity contribution is 5.81. The van der Waals surface area contributed by atoms with Crippen molar-refractivity contribution in [2.45, 2.75) is 57.4 Å². The predicted molar refractivity (Wildman–Crippen MR) is 133 cm³/mol. The van der Waals surface area contributed by atoms with Crippen molar-refractivity contribution in [3.63, 3.8) is 0 Å². The second kappa shape index (κ2) is 10.4. The number of aromatic nitrogens is 2. The normalized spacial score (nSPS) is 19.1. The molecule has 0 saturated carbocycles. The molecule has 1 aromatic heterocycles. The molecule has 34 heavy (non-hydrogen) atoms. The number of amides is 2. The lowest BCUT2D eigenvalue weighted by Crippen LogP contribution is -2.32. The smallest absolute Gasteiger partial charge is 0.224 e. The van der Waals surface area contributed by atoms with Crippen molar-refractivity contribution in [2.24, 2.45) is 0 Å². The molecule has 5 rings (SSSR count). The number of imidazole rings is 1. The first kappa shape index (κ1) is 22.6. The van der Waals surface area contributed by atoms with Crippen LogP contribution in [0, 0.1) is 0 Å². The molecule has 0 N–H and O–H groups in total. The van der Waals surface area contributed by atoms with Crippen LogP contribution in [0.15, 0.2) is 54.6 Å². The maximum atomic E-state index is 13.0. The van der Waals surface area contributed by atoms with Crippen LogP contribution in [-0.2, 0) is 22.6 Å². The third kappa shape index (κ3) is 5.01. The molecule has 2 aromatic carbocycles. The number of rotatable bonds is 7. The minimum absolute atomic E-state index is 0.0592. The Labute approximate surface area is 201 Å². The first-order valence-corrected chi connectivity index (χ1v) is 12.7. The largest absolute Gasteiger partial charge is 0.343 e. The summed E-state index contributed by atoms with van der Waals surface area (Å²) in [4.78, 5) is 34.8. The fraction of sp³-hybridized carbons (Fsp3) is 0.464. The van der Waals surface area contributed by atoms with E-state index >= 15 is 0 Å². The molecule has 6 nitrogen and oxygen atoms in total. The number of hydrogen-bond acceptors (Lipinski definition) is 3.